The van der Waals surface area contributed by atoms with E-state index in [9.17, 15) is 9.59 Å². The second-order valence-electron chi connectivity index (χ2n) is 11.7. The second-order valence-corrected chi connectivity index (χ2v) is 11.7. The SMILES string of the molecule is COC(=O)C12CC(C)CC(C(=O)OC)(C1=O)C(c1cccc3ccccc13)C(C)C2c1cccc2ccccc12. The summed E-state index contributed by atoms with van der Waals surface area (Å²) in [5.74, 6) is -2.91. The molecule has 2 aliphatic rings. The molecule has 0 saturated heterocycles. The van der Waals surface area contributed by atoms with Crippen molar-refractivity contribution in [3.8, 4) is 0 Å². The molecule has 0 heterocycles. The van der Waals surface area contributed by atoms with Crippen LogP contribution in [0.2, 0.25) is 0 Å². The van der Waals surface area contributed by atoms with E-state index < -0.39 is 34.6 Å². The Hall–Kier alpha value is -3.99. The van der Waals surface area contributed by atoms with Crippen molar-refractivity contribution < 1.29 is 23.9 Å². The van der Waals surface area contributed by atoms with Crippen LogP contribution in [0.3, 0.4) is 0 Å². The number of carbonyl (C=O) groups excluding carboxylic acids is 3. The summed E-state index contributed by atoms with van der Waals surface area (Å²) in [6.07, 6.45) is 0.634. The molecule has 2 bridgehead atoms. The summed E-state index contributed by atoms with van der Waals surface area (Å²) in [5, 5.41) is 4.07. The van der Waals surface area contributed by atoms with Gasteiger partial charge < -0.3 is 9.47 Å². The molecule has 0 aromatic heterocycles. The Morgan fingerprint density at radius 3 is 1.48 bits per heavy atom. The fourth-order valence-electron chi connectivity index (χ4n) is 8.49. The number of methoxy groups -OCH3 is 2. The Morgan fingerprint density at radius 1 is 0.650 bits per heavy atom. The first-order valence-electron chi connectivity index (χ1n) is 14.0. The van der Waals surface area contributed by atoms with Gasteiger partial charge in [0.2, 0.25) is 0 Å². The van der Waals surface area contributed by atoms with Gasteiger partial charge in [-0.15, -0.1) is 0 Å². The molecule has 0 radical (unpaired) electrons. The van der Waals surface area contributed by atoms with Crippen LogP contribution in [0, 0.1) is 22.7 Å². The van der Waals surface area contributed by atoms with Crippen LogP contribution in [0.15, 0.2) is 84.9 Å². The smallest absolute Gasteiger partial charge is 0.320 e. The Balaban J connectivity index is 1.74. The highest BCUT2D eigenvalue weighted by atomic mass is 16.5. The Kier molecular flexibility index (Phi) is 6.29. The lowest BCUT2D eigenvalue weighted by molar-refractivity contribution is -0.189. The molecule has 2 aliphatic carbocycles. The van der Waals surface area contributed by atoms with Gasteiger partial charge in [0, 0.05) is 11.8 Å². The lowest BCUT2D eigenvalue weighted by atomic mass is 9.40. The van der Waals surface area contributed by atoms with Gasteiger partial charge in [0.05, 0.1) is 14.2 Å². The summed E-state index contributed by atoms with van der Waals surface area (Å²) >= 11 is 0. The van der Waals surface area contributed by atoms with Gasteiger partial charge in [-0.05, 0) is 57.3 Å². The number of esters is 2. The molecule has 4 aromatic rings. The first kappa shape index (κ1) is 26.2. The standard InChI is InChI=1S/C35H34O5/c1-21-19-34(32(37)39-3)29(27-17-9-13-23-11-5-7-15-25(23)27)22(2)30(35(20-21,31(34)36)33(38)40-4)28-18-10-14-24-12-6-8-16-26(24)28/h5-18,21-22,29-30H,19-20H2,1-4H3. The van der Waals surface area contributed by atoms with Crippen molar-refractivity contribution >= 4 is 39.3 Å². The monoisotopic (exact) mass is 534 g/mol. The van der Waals surface area contributed by atoms with Crippen molar-refractivity contribution in [2.45, 2.75) is 38.5 Å². The average molecular weight is 535 g/mol. The summed E-state index contributed by atoms with van der Waals surface area (Å²) in [7, 11) is 2.68. The van der Waals surface area contributed by atoms with E-state index in [0.29, 0.717) is 12.8 Å². The minimum absolute atomic E-state index is 0.0987. The highest BCUT2D eigenvalue weighted by Gasteiger charge is 2.74. The molecule has 5 heteroatoms. The van der Waals surface area contributed by atoms with Crippen LogP contribution in [0.1, 0.15) is 49.7 Å². The van der Waals surface area contributed by atoms with Crippen LogP contribution in [0.4, 0.5) is 0 Å². The number of hydrogen-bond donors (Lipinski definition) is 0. The predicted octanol–water partition coefficient (Wildman–Crippen LogP) is 6.83. The van der Waals surface area contributed by atoms with Crippen molar-refractivity contribution in [3.63, 3.8) is 0 Å². The quantitative estimate of drug-likeness (QED) is 0.212. The first-order chi connectivity index (χ1) is 19.3. The van der Waals surface area contributed by atoms with E-state index in [-0.39, 0.29) is 17.6 Å². The summed E-state index contributed by atoms with van der Waals surface area (Å²) in [5.41, 5.74) is -1.18. The van der Waals surface area contributed by atoms with Gasteiger partial charge in [-0.3, -0.25) is 14.4 Å². The molecule has 0 spiro atoms. The Bertz CT molecular complexity index is 1530. The number of carbonyl (C=O) groups is 3. The molecule has 0 aliphatic heterocycles. The summed E-state index contributed by atoms with van der Waals surface area (Å²) in [4.78, 5) is 43.2. The van der Waals surface area contributed by atoms with Gasteiger partial charge in [-0.2, -0.15) is 0 Å². The van der Waals surface area contributed by atoms with Crippen LogP contribution >= 0.6 is 0 Å². The zero-order valence-electron chi connectivity index (χ0n) is 23.3. The number of fused-ring (bicyclic) bond motifs is 4. The van der Waals surface area contributed by atoms with E-state index in [1.807, 2.05) is 91.9 Å². The molecular weight excluding hydrogens is 500 g/mol. The predicted molar refractivity (Wildman–Crippen MR) is 155 cm³/mol. The fraction of sp³-hybridized carbons (Fsp3) is 0.343. The van der Waals surface area contributed by atoms with E-state index >= 15 is 4.79 Å². The van der Waals surface area contributed by atoms with Crippen molar-refractivity contribution in [3.05, 3.63) is 96.1 Å². The maximum Gasteiger partial charge on any atom is 0.320 e. The lowest BCUT2D eigenvalue weighted by Crippen LogP contribution is -2.67. The van der Waals surface area contributed by atoms with Crippen molar-refractivity contribution in [1.29, 1.82) is 0 Å². The van der Waals surface area contributed by atoms with Gasteiger partial charge >= 0.3 is 11.9 Å². The van der Waals surface area contributed by atoms with E-state index in [1.54, 1.807) is 0 Å². The third-order valence-corrected chi connectivity index (χ3v) is 9.68. The number of rotatable bonds is 4. The largest absolute Gasteiger partial charge is 0.468 e. The third-order valence-electron chi connectivity index (χ3n) is 9.68. The zero-order valence-corrected chi connectivity index (χ0v) is 23.3. The fourth-order valence-corrected chi connectivity index (χ4v) is 8.49. The number of benzene rings is 4. The molecule has 2 fully saturated rings. The molecule has 4 unspecified atom stereocenters. The molecular formula is C35H34O5. The zero-order chi connectivity index (χ0) is 28.2. The van der Waals surface area contributed by atoms with Crippen molar-refractivity contribution in [2.75, 3.05) is 14.2 Å². The molecule has 204 valence electrons. The van der Waals surface area contributed by atoms with Crippen molar-refractivity contribution in [2.24, 2.45) is 22.7 Å². The Labute approximate surface area is 234 Å². The highest BCUT2D eigenvalue weighted by molar-refractivity contribution is 6.18. The van der Waals surface area contributed by atoms with E-state index in [0.717, 1.165) is 32.7 Å². The summed E-state index contributed by atoms with van der Waals surface area (Å²) in [6.45, 7) is 4.12. The van der Waals surface area contributed by atoms with Gasteiger partial charge in [-0.25, -0.2) is 0 Å². The number of ether oxygens (including phenoxy) is 2. The normalized spacial score (nSPS) is 29.8. The molecule has 4 aromatic carbocycles. The van der Waals surface area contributed by atoms with Crippen LogP contribution in [0.5, 0.6) is 0 Å². The third kappa shape index (κ3) is 3.43. The maximum atomic E-state index is 15.2. The van der Waals surface area contributed by atoms with Gasteiger partial charge in [0.15, 0.2) is 5.78 Å². The topological polar surface area (TPSA) is 69.7 Å². The average Bonchev–Trinajstić information content (AvgIpc) is 2.98. The molecule has 6 rings (SSSR count). The number of hydrogen-bond acceptors (Lipinski definition) is 5. The van der Waals surface area contributed by atoms with Crippen LogP contribution in [0.25, 0.3) is 21.5 Å². The summed E-state index contributed by atoms with van der Waals surface area (Å²) in [6, 6.07) is 28.3. The second kappa shape index (κ2) is 9.58. The molecule has 0 amide bonds. The maximum absolute atomic E-state index is 15.2. The number of ketones is 1. The van der Waals surface area contributed by atoms with Crippen molar-refractivity contribution in [1.82, 2.24) is 0 Å². The van der Waals surface area contributed by atoms with Gasteiger partial charge in [0.25, 0.3) is 0 Å². The van der Waals surface area contributed by atoms with E-state index in [2.05, 4.69) is 6.92 Å². The minimum atomic E-state index is -1.52. The lowest BCUT2D eigenvalue weighted by Gasteiger charge is -2.59. The molecule has 40 heavy (non-hydrogen) atoms. The number of Topliss-reactive ketones (excluding diaryl/α,β-unsaturated/α-hetero) is 1. The molecule has 0 N–H and O–H groups in total. The highest BCUT2D eigenvalue weighted by Crippen LogP contribution is 2.68. The van der Waals surface area contributed by atoms with E-state index in [1.165, 1.54) is 14.2 Å². The molecule has 5 nitrogen and oxygen atoms in total. The Morgan fingerprint density at radius 2 is 1.05 bits per heavy atom. The van der Waals surface area contributed by atoms with Gasteiger partial charge in [-0.1, -0.05) is 98.8 Å². The molecule has 2 saturated carbocycles. The first-order valence-corrected chi connectivity index (χ1v) is 14.0. The molecule has 4 atom stereocenters. The van der Waals surface area contributed by atoms with Gasteiger partial charge in [0.1, 0.15) is 10.8 Å². The van der Waals surface area contributed by atoms with Crippen LogP contribution < -0.4 is 0 Å². The van der Waals surface area contributed by atoms with Crippen LogP contribution in [-0.4, -0.2) is 31.9 Å². The summed E-state index contributed by atoms with van der Waals surface area (Å²) < 4.78 is 10.9. The van der Waals surface area contributed by atoms with E-state index in [4.69, 9.17) is 9.47 Å². The minimum Gasteiger partial charge on any atom is -0.468 e. The van der Waals surface area contributed by atoms with Crippen LogP contribution in [-0.2, 0) is 23.9 Å².